The van der Waals surface area contributed by atoms with Crippen LogP contribution in [-0.2, 0) is 11.2 Å². The van der Waals surface area contributed by atoms with E-state index in [4.69, 9.17) is 6.42 Å². The average molecular weight is 263 g/mol. The van der Waals surface area contributed by atoms with Crippen molar-refractivity contribution >= 4 is 17.9 Å². The predicted molar refractivity (Wildman–Crippen MR) is 78.5 cm³/mol. The first kappa shape index (κ1) is 13.6. The fraction of sp³-hybridized carbons (Fsp3) is 0.0588. The molecule has 0 aromatic heterocycles. The molecule has 0 spiro atoms. The molecule has 3 nitrogen and oxygen atoms in total. The lowest BCUT2D eigenvalue weighted by atomic mass is 10.1. The number of hydrogen-bond donors (Lipinski definition) is 1. The Hall–Kier alpha value is -2.86. The Morgan fingerprint density at radius 1 is 1.10 bits per heavy atom. The number of hydrogen-bond acceptors (Lipinski definition) is 2. The molecule has 0 aliphatic carbocycles. The van der Waals surface area contributed by atoms with Gasteiger partial charge in [0.15, 0.2) is 0 Å². The van der Waals surface area contributed by atoms with E-state index in [-0.39, 0.29) is 12.3 Å². The van der Waals surface area contributed by atoms with Crippen LogP contribution in [0.4, 0.5) is 5.69 Å². The molecule has 0 heterocycles. The summed E-state index contributed by atoms with van der Waals surface area (Å²) in [6.07, 6.45) is 6.30. The monoisotopic (exact) mass is 263 g/mol. The fourth-order valence-electron chi connectivity index (χ4n) is 1.75. The van der Waals surface area contributed by atoms with Gasteiger partial charge >= 0.3 is 0 Å². The first-order valence-corrected chi connectivity index (χ1v) is 6.12. The number of carbonyl (C=O) groups is 2. The van der Waals surface area contributed by atoms with E-state index < -0.39 is 0 Å². The summed E-state index contributed by atoms with van der Waals surface area (Å²) >= 11 is 0. The number of rotatable bonds is 4. The molecule has 0 aliphatic rings. The van der Waals surface area contributed by atoms with E-state index in [0.717, 1.165) is 17.4 Å². The highest BCUT2D eigenvalue weighted by molar-refractivity contribution is 5.92. The van der Waals surface area contributed by atoms with Crippen LogP contribution in [0.1, 0.15) is 21.5 Å². The minimum atomic E-state index is -0.114. The maximum atomic E-state index is 11.9. The number of aldehydes is 1. The highest BCUT2D eigenvalue weighted by Gasteiger charge is 2.04. The quantitative estimate of drug-likeness (QED) is 0.681. The van der Waals surface area contributed by atoms with Gasteiger partial charge in [0.2, 0.25) is 5.91 Å². The molecule has 0 atom stereocenters. The molecule has 0 radical (unpaired) electrons. The summed E-state index contributed by atoms with van der Waals surface area (Å²) in [6, 6.07) is 14.0. The van der Waals surface area contributed by atoms with Crippen molar-refractivity contribution in [3.63, 3.8) is 0 Å². The Morgan fingerprint density at radius 2 is 1.75 bits per heavy atom. The van der Waals surface area contributed by atoms with Gasteiger partial charge in [0.05, 0.1) is 6.42 Å². The maximum Gasteiger partial charge on any atom is 0.228 e. The number of terminal acetylenes is 1. The van der Waals surface area contributed by atoms with Crippen LogP contribution in [0, 0.1) is 12.3 Å². The van der Waals surface area contributed by atoms with Crippen LogP contribution < -0.4 is 5.32 Å². The molecule has 0 aliphatic heterocycles. The van der Waals surface area contributed by atoms with Crippen molar-refractivity contribution in [2.75, 3.05) is 5.32 Å². The standard InChI is InChI=1S/C17H13NO2/c1-2-13-7-9-16(10-8-13)18-17(20)11-14-3-5-15(12-19)6-4-14/h1,3-10,12H,11H2,(H,18,20). The van der Waals surface area contributed by atoms with Gasteiger partial charge < -0.3 is 5.32 Å². The minimum Gasteiger partial charge on any atom is -0.326 e. The number of anilines is 1. The summed E-state index contributed by atoms with van der Waals surface area (Å²) in [5.41, 5.74) is 2.93. The molecule has 20 heavy (non-hydrogen) atoms. The maximum absolute atomic E-state index is 11.9. The van der Waals surface area contributed by atoms with Crippen LogP contribution in [0.3, 0.4) is 0 Å². The largest absolute Gasteiger partial charge is 0.326 e. The van der Waals surface area contributed by atoms with E-state index in [9.17, 15) is 9.59 Å². The molecule has 1 N–H and O–H groups in total. The number of carbonyl (C=O) groups excluding carboxylic acids is 2. The van der Waals surface area contributed by atoms with E-state index in [0.29, 0.717) is 11.3 Å². The molecule has 1 amide bonds. The second-order valence-corrected chi connectivity index (χ2v) is 4.31. The van der Waals surface area contributed by atoms with E-state index in [1.54, 1.807) is 48.5 Å². The van der Waals surface area contributed by atoms with Crippen molar-refractivity contribution in [1.29, 1.82) is 0 Å². The van der Waals surface area contributed by atoms with Crippen molar-refractivity contribution in [1.82, 2.24) is 0 Å². The van der Waals surface area contributed by atoms with Gasteiger partial charge in [-0.05, 0) is 29.8 Å². The molecule has 98 valence electrons. The summed E-state index contributed by atoms with van der Waals surface area (Å²) in [7, 11) is 0. The Balaban J connectivity index is 1.97. The molecular formula is C17H13NO2. The molecule has 0 unspecified atom stereocenters. The zero-order valence-corrected chi connectivity index (χ0v) is 10.8. The van der Waals surface area contributed by atoms with Gasteiger partial charge in [-0.1, -0.05) is 30.2 Å². The summed E-state index contributed by atoms with van der Waals surface area (Å²) in [6.45, 7) is 0. The molecule has 2 aromatic rings. The highest BCUT2D eigenvalue weighted by Crippen LogP contribution is 2.10. The molecular weight excluding hydrogens is 250 g/mol. The Bertz CT molecular complexity index is 649. The van der Waals surface area contributed by atoms with Gasteiger partial charge in [0, 0.05) is 16.8 Å². The van der Waals surface area contributed by atoms with Crippen molar-refractivity contribution in [2.45, 2.75) is 6.42 Å². The third-order valence-electron chi connectivity index (χ3n) is 2.82. The fourth-order valence-corrected chi connectivity index (χ4v) is 1.75. The van der Waals surface area contributed by atoms with E-state index in [1.807, 2.05) is 0 Å². The van der Waals surface area contributed by atoms with Crippen LogP contribution >= 0.6 is 0 Å². The lowest BCUT2D eigenvalue weighted by molar-refractivity contribution is -0.115. The van der Waals surface area contributed by atoms with Crippen LogP contribution in [0.5, 0.6) is 0 Å². The van der Waals surface area contributed by atoms with E-state index >= 15 is 0 Å². The highest BCUT2D eigenvalue weighted by atomic mass is 16.1. The topological polar surface area (TPSA) is 46.2 Å². The van der Waals surface area contributed by atoms with Gasteiger partial charge in [-0.25, -0.2) is 0 Å². The molecule has 2 rings (SSSR count). The van der Waals surface area contributed by atoms with Crippen molar-refractivity contribution in [2.24, 2.45) is 0 Å². The molecule has 3 heteroatoms. The van der Waals surface area contributed by atoms with Crippen molar-refractivity contribution in [3.05, 3.63) is 65.2 Å². The molecule has 0 saturated heterocycles. The molecule has 0 bridgehead atoms. The number of nitrogens with one attached hydrogen (secondary N) is 1. The van der Waals surface area contributed by atoms with Crippen LogP contribution in [0.25, 0.3) is 0 Å². The lowest BCUT2D eigenvalue weighted by Gasteiger charge is -2.05. The van der Waals surface area contributed by atoms with Crippen LogP contribution in [-0.4, -0.2) is 12.2 Å². The summed E-state index contributed by atoms with van der Waals surface area (Å²) < 4.78 is 0. The number of benzene rings is 2. The third kappa shape index (κ3) is 3.56. The Labute approximate surface area is 117 Å². The minimum absolute atomic E-state index is 0.114. The summed E-state index contributed by atoms with van der Waals surface area (Å²) in [5.74, 6) is 2.40. The van der Waals surface area contributed by atoms with Crippen LogP contribution in [0.15, 0.2) is 48.5 Å². The first-order valence-electron chi connectivity index (χ1n) is 6.12. The van der Waals surface area contributed by atoms with Gasteiger partial charge in [-0.3, -0.25) is 9.59 Å². The first-order chi connectivity index (χ1) is 9.71. The molecule has 0 saturated carbocycles. The van der Waals surface area contributed by atoms with E-state index in [2.05, 4.69) is 11.2 Å². The number of amides is 1. The zero-order chi connectivity index (χ0) is 14.4. The van der Waals surface area contributed by atoms with Gasteiger partial charge in [0.25, 0.3) is 0 Å². The lowest BCUT2D eigenvalue weighted by Crippen LogP contribution is -2.14. The smallest absolute Gasteiger partial charge is 0.228 e. The SMILES string of the molecule is C#Cc1ccc(NC(=O)Cc2ccc(C=O)cc2)cc1. The predicted octanol–water partition coefficient (Wildman–Crippen LogP) is 2.66. The Kier molecular flexibility index (Phi) is 4.31. The summed E-state index contributed by atoms with van der Waals surface area (Å²) in [4.78, 5) is 22.4. The second kappa shape index (κ2) is 6.35. The molecule has 0 fully saturated rings. The van der Waals surface area contributed by atoms with Crippen molar-refractivity contribution in [3.8, 4) is 12.3 Å². The van der Waals surface area contributed by atoms with Gasteiger partial charge in [-0.2, -0.15) is 0 Å². The van der Waals surface area contributed by atoms with Gasteiger partial charge in [0.1, 0.15) is 6.29 Å². The van der Waals surface area contributed by atoms with Crippen LogP contribution in [0.2, 0.25) is 0 Å². The van der Waals surface area contributed by atoms with Gasteiger partial charge in [-0.15, -0.1) is 6.42 Å². The Morgan fingerprint density at radius 3 is 2.30 bits per heavy atom. The van der Waals surface area contributed by atoms with E-state index in [1.165, 1.54) is 0 Å². The average Bonchev–Trinajstić information content (AvgIpc) is 2.49. The summed E-state index contributed by atoms with van der Waals surface area (Å²) in [5, 5.41) is 2.79. The normalized spacial score (nSPS) is 9.55. The second-order valence-electron chi connectivity index (χ2n) is 4.31. The van der Waals surface area contributed by atoms with Crippen molar-refractivity contribution < 1.29 is 9.59 Å². The third-order valence-corrected chi connectivity index (χ3v) is 2.82. The molecule has 2 aromatic carbocycles. The zero-order valence-electron chi connectivity index (χ0n) is 10.8.